The number of urea groups is 1. The van der Waals surface area contributed by atoms with Gasteiger partial charge in [0.15, 0.2) is 0 Å². The number of methoxy groups -OCH3 is 1. The summed E-state index contributed by atoms with van der Waals surface area (Å²) in [7, 11) is 1.49. The summed E-state index contributed by atoms with van der Waals surface area (Å²) >= 11 is 1.71. The number of ether oxygens (including phenoxy) is 1. The van der Waals surface area contributed by atoms with Gasteiger partial charge in [0, 0.05) is 28.5 Å². The van der Waals surface area contributed by atoms with Gasteiger partial charge in [0.05, 0.1) is 12.8 Å². The molecule has 2 aromatic rings. The molecule has 1 aliphatic carbocycles. The van der Waals surface area contributed by atoms with Crippen LogP contribution in [0.1, 0.15) is 22.8 Å². The topological polar surface area (TPSA) is 93.4 Å². The number of amides is 3. The summed E-state index contributed by atoms with van der Waals surface area (Å²) in [5.41, 5.74) is 7.45. The van der Waals surface area contributed by atoms with E-state index < -0.39 is 6.03 Å². The molecule has 1 aromatic carbocycles. The average Bonchev–Trinajstić information content (AvgIpc) is 3.22. The fourth-order valence-corrected chi connectivity index (χ4v) is 3.89. The number of carbonyl (C=O) groups is 2. The predicted octanol–water partition coefficient (Wildman–Crippen LogP) is 3.30. The van der Waals surface area contributed by atoms with Crippen molar-refractivity contribution in [2.45, 2.75) is 19.3 Å². The van der Waals surface area contributed by atoms with Gasteiger partial charge < -0.3 is 21.1 Å². The molecule has 2 atom stereocenters. The van der Waals surface area contributed by atoms with E-state index in [1.165, 1.54) is 17.6 Å². The molecule has 0 bridgehead atoms. The molecule has 1 fully saturated rings. The number of carbonyl (C=O) groups excluding carboxylic acids is 2. The van der Waals surface area contributed by atoms with Crippen molar-refractivity contribution in [3.8, 4) is 5.75 Å². The molecule has 1 aromatic heterocycles. The first-order valence-electron chi connectivity index (χ1n) is 7.59. The molecule has 6 nitrogen and oxygen atoms in total. The second-order valence-electron chi connectivity index (χ2n) is 5.81. The van der Waals surface area contributed by atoms with Gasteiger partial charge in [-0.05, 0) is 42.5 Å². The van der Waals surface area contributed by atoms with Gasteiger partial charge in [-0.15, -0.1) is 11.3 Å². The minimum atomic E-state index is -0.669. The fraction of sp³-hybridized carbons (Fsp3) is 0.294. The van der Waals surface area contributed by atoms with Crippen LogP contribution >= 0.6 is 11.3 Å². The SMILES string of the molecule is COc1cc(NC(=O)[C@H]2C[C@H]2c2sccc2C)ccc1NC(N)=O. The van der Waals surface area contributed by atoms with Gasteiger partial charge in [0.2, 0.25) is 5.91 Å². The van der Waals surface area contributed by atoms with Gasteiger partial charge in [-0.3, -0.25) is 4.79 Å². The molecule has 0 aliphatic heterocycles. The molecule has 0 saturated heterocycles. The highest BCUT2D eigenvalue weighted by Crippen LogP contribution is 2.50. The zero-order valence-corrected chi connectivity index (χ0v) is 14.3. The zero-order chi connectivity index (χ0) is 17.3. The minimum absolute atomic E-state index is 0.00506. The molecule has 24 heavy (non-hydrogen) atoms. The highest BCUT2D eigenvalue weighted by atomic mass is 32.1. The molecule has 4 N–H and O–H groups in total. The van der Waals surface area contributed by atoms with Crippen molar-refractivity contribution in [1.29, 1.82) is 0 Å². The van der Waals surface area contributed by atoms with Crippen molar-refractivity contribution >= 4 is 34.6 Å². The summed E-state index contributed by atoms with van der Waals surface area (Å²) in [5, 5.41) is 7.45. The van der Waals surface area contributed by atoms with E-state index in [1.54, 1.807) is 29.5 Å². The second kappa shape index (κ2) is 6.52. The van der Waals surface area contributed by atoms with E-state index in [2.05, 4.69) is 29.0 Å². The van der Waals surface area contributed by atoms with Gasteiger partial charge in [-0.25, -0.2) is 4.79 Å². The molecule has 7 heteroatoms. The van der Waals surface area contributed by atoms with Crippen molar-refractivity contribution in [1.82, 2.24) is 0 Å². The number of aryl methyl sites for hydroxylation is 1. The standard InChI is InChI=1S/C17H19N3O3S/c1-9-5-6-24-15(9)11-8-12(11)16(21)19-10-3-4-13(20-17(18)22)14(7-10)23-2/h3-7,11-12H,8H2,1-2H3,(H,19,21)(H3,18,20,22)/t11-,12+/m1/s1. The van der Waals surface area contributed by atoms with Crippen LogP contribution in [-0.2, 0) is 4.79 Å². The lowest BCUT2D eigenvalue weighted by Crippen LogP contribution is -2.20. The maximum absolute atomic E-state index is 12.4. The summed E-state index contributed by atoms with van der Waals surface area (Å²) in [6.07, 6.45) is 0.881. The summed E-state index contributed by atoms with van der Waals surface area (Å²) in [5.74, 6) is 0.776. The van der Waals surface area contributed by atoms with E-state index in [0.717, 1.165) is 6.42 Å². The third-order valence-electron chi connectivity index (χ3n) is 4.09. The van der Waals surface area contributed by atoms with E-state index in [0.29, 0.717) is 23.0 Å². The Labute approximate surface area is 144 Å². The number of primary amides is 1. The second-order valence-corrected chi connectivity index (χ2v) is 6.76. The number of nitrogens with two attached hydrogens (primary N) is 1. The Balaban J connectivity index is 1.67. The maximum atomic E-state index is 12.4. The van der Waals surface area contributed by atoms with Crippen LogP contribution < -0.4 is 21.1 Å². The van der Waals surface area contributed by atoms with Gasteiger partial charge in [0.1, 0.15) is 5.75 Å². The normalized spacial score (nSPS) is 18.8. The van der Waals surface area contributed by atoms with Crippen LogP contribution in [0.15, 0.2) is 29.6 Å². The lowest BCUT2D eigenvalue weighted by atomic mass is 10.2. The first-order valence-corrected chi connectivity index (χ1v) is 8.47. The third-order valence-corrected chi connectivity index (χ3v) is 5.24. The minimum Gasteiger partial charge on any atom is -0.494 e. The van der Waals surface area contributed by atoms with Crippen molar-refractivity contribution in [2.75, 3.05) is 17.7 Å². The first kappa shape index (κ1) is 16.3. The van der Waals surface area contributed by atoms with Crippen LogP contribution in [0.5, 0.6) is 5.75 Å². The van der Waals surface area contributed by atoms with E-state index in [-0.39, 0.29) is 11.8 Å². The lowest BCUT2D eigenvalue weighted by molar-refractivity contribution is -0.117. The highest BCUT2D eigenvalue weighted by molar-refractivity contribution is 7.10. The van der Waals surface area contributed by atoms with Crippen LogP contribution in [-0.4, -0.2) is 19.0 Å². The van der Waals surface area contributed by atoms with E-state index in [1.807, 2.05) is 0 Å². The Kier molecular flexibility index (Phi) is 4.44. The number of benzene rings is 1. The molecule has 3 amide bonds. The largest absolute Gasteiger partial charge is 0.494 e. The Bertz CT molecular complexity index is 787. The smallest absolute Gasteiger partial charge is 0.316 e. The van der Waals surface area contributed by atoms with Crippen LogP contribution in [0.25, 0.3) is 0 Å². The van der Waals surface area contributed by atoms with Gasteiger partial charge in [-0.1, -0.05) is 0 Å². The highest BCUT2D eigenvalue weighted by Gasteiger charge is 2.45. The Morgan fingerprint density at radius 1 is 1.29 bits per heavy atom. The van der Waals surface area contributed by atoms with Crippen molar-refractivity contribution in [3.63, 3.8) is 0 Å². The van der Waals surface area contributed by atoms with Crippen LogP contribution in [0.2, 0.25) is 0 Å². The molecule has 1 aliphatic rings. The number of rotatable bonds is 5. The van der Waals surface area contributed by atoms with E-state index in [4.69, 9.17) is 10.5 Å². The Morgan fingerprint density at radius 3 is 2.71 bits per heavy atom. The Hall–Kier alpha value is -2.54. The molecule has 0 spiro atoms. The molecular formula is C17H19N3O3S. The summed E-state index contributed by atoms with van der Waals surface area (Å²) in [6, 6.07) is 6.43. The molecule has 0 radical (unpaired) electrons. The van der Waals surface area contributed by atoms with Gasteiger partial charge in [-0.2, -0.15) is 0 Å². The number of nitrogens with one attached hydrogen (secondary N) is 2. The maximum Gasteiger partial charge on any atom is 0.316 e. The van der Waals surface area contributed by atoms with Crippen molar-refractivity contribution in [3.05, 3.63) is 40.1 Å². The molecule has 1 saturated carbocycles. The number of anilines is 2. The number of hydrogen-bond donors (Lipinski definition) is 3. The van der Waals surface area contributed by atoms with E-state index in [9.17, 15) is 9.59 Å². The average molecular weight is 345 g/mol. The first-order chi connectivity index (χ1) is 11.5. The van der Waals surface area contributed by atoms with Crippen LogP contribution in [0.3, 0.4) is 0 Å². The predicted molar refractivity (Wildman–Crippen MR) is 94.7 cm³/mol. The zero-order valence-electron chi connectivity index (χ0n) is 13.5. The molecular weight excluding hydrogens is 326 g/mol. The van der Waals surface area contributed by atoms with Crippen LogP contribution in [0.4, 0.5) is 16.2 Å². The summed E-state index contributed by atoms with van der Waals surface area (Å²) in [6.45, 7) is 2.08. The van der Waals surface area contributed by atoms with Gasteiger partial charge >= 0.3 is 6.03 Å². The van der Waals surface area contributed by atoms with Crippen molar-refractivity contribution < 1.29 is 14.3 Å². The summed E-state index contributed by atoms with van der Waals surface area (Å²) < 4.78 is 5.22. The van der Waals surface area contributed by atoms with Crippen LogP contribution in [0, 0.1) is 12.8 Å². The fourth-order valence-electron chi connectivity index (χ4n) is 2.78. The molecule has 0 unspecified atom stereocenters. The molecule has 3 rings (SSSR count). The van der Waals surface area contributed by atoms with Crippen molar-refractivity contribution in [2.24, 2.45) is 11.7 Å². The van der Waals surface area contributed by atoms with Gasteiger partial charge in [0.25, 0.3) is 0 Å². The third kappa shape index (κ3) is 3.35. The number of hydrogen-bond acceptors (Lipinski definition) is 4. The molecule has 1 heterocycles. The monoisotopic (exact) mass is 345 g/mol. The Morgan fingerprint density at radius 2 is 2.08 bits per heavy atom. The van der Waals surface area contributed by atoms with E-state index >= 15 is 0 Å². The lowest BCUT2D eigenvalue weighted by Gasteiger charge is -2.11. The molecule has 126 valence electrons. The summed E-state index contributed by atoms with van der Waals surface area (Å²) in [4.78, 5) is 24.7. The number of thiophene rings is 1. The quantitative estimate of drug-likeness (QED) is 0.776.